The van der Waals surface area contributed by atoms with Crippen molar-refractivity contribution in [2.45, 2.75) is 110 Å². The molecule has 0 bridgehead atoms. The van der Waals surface area contributed by atoms with Crippen molar-refractivity contribution >= 4 is 0 Å². The van der Waals surface area contributed by atoms with Gasteiger partial charge in [0.1, 0.15) is 0 Å². The molecule has 4 fully saturated rings. The van der Waals surface area contributed by atoms with Crippen LogP contribution in [0.15, 0.2) is 23.8 Å². The van der Waals surface area contributed by atoms with Crippen LogP contribution in [0.3, 0.4) is 0 Å². The number of aliphatic hydroxyl groups excluding tert-OH is 1. The van der Waals surface area contributed by atoms with E-state index in [4.69, 9.17) is 0 Å². The molecule has 1 heteroatoms. The largest absolute Gasteiger partial charge is 0.393 e. The average Bonchev–Trinajstić information content (AvgIpc) is 3.06. The quantitative estimate of drug-likeness (QED) is 0.491. The van der Waals surface area contributed by atoms with Crippen molar-refractivity contribution in [1.82, 2.24) is 0 Å². The van der Waals surface area contributed by atoms with E-state index in [1.807, 2.05) is 0 Å². The van der Waals surface area contributed by atoms with E-state index in [1.165, 1.54) is 77.0 Å². The van der Waals surface area contributed by atoms with Gasteiger partial charge in [0, 0.05) is 0 Å². The van der Waals surface area contributed by atoms with Crippen LogP contribution in [0, 0.1) is 40.4 Å². The van der Waals surface area contributed by atoms with Crippen LogP contribution < -0.4 is 0 Å². The molecular weight excluding hydrogens is 352 g/mol. The summed E-state index contributed by atoms with van der Waals surface area (Å²) >= 11 is 0. The van der Waals surface area contributed by atoms with Crippen LogP contribution in [0.25, 0.3) is 0 Å². The molecule has 162 valence electrons. The summed E-state index contributed by atoms with van der Waals surface area (Å²) in [5.41, 5.74) is 2.59. The Morgan fingerprint density at radius 1 is 0.966 bits per heavy atom. The van der Waals surface area contributed by atoms with Crippen LogP contribution in [0.1, 0.15) is 104 Å². The van der Waals surface area contributed by atoms with Gasteiger partial charge in [0.2, 0.25) is 0 Å². The smallest absolute Gasteiger partial charge is 0.0577 e. The molecule has 0 aromatic rings. The van der Waals surface area contributed by atoms with Gasteiger partial charge in [-0.15, -0.1) is 0 Å². The lowest BCUT2D eigenvalue weighted by Crippen LogP contribution is -2.50. The molecule has 0 radical (unpaired) electrons. The first-order valence-corrected chi connectivity index (χ1v) is 13.0. The van der Waals surface area contributed by atoms with Crippen LogP contribution in [0.2, 0.25) is 0 Å². The van der Waals surface area contributed by atoms with Crippen LogP contribution in [-0.2, 0) is 0 Å². The third-order valence-corrected chi connectivity index (χ3v) is 10.8. The summed E-state index contributed by atoms with van der Waals surface area (Å²) in [4.78, 5) is 0. The number of hydrogen-bond donors (Lipinski definition) is 1. The summed E-state index contributed by atoms with van der Waals surface area (Å²) in [5.74, 6) is 4.53. The van der Waals surface area contributed by atoms with E-state index in [0.29, 0.717) is 10.8 Å². The number of aliphatic hydroxyl groups is 1. The topological polar surface area (TPSA) is 20.2 Å². The van der Waals surface area contributed by atoms with Gasteiger partial charge in [0.25, 0.3) is 0 Å². The van der Waals surface area contributed by atoms with Gasteiger partial charge >= 0.3 is 0 Å². The molecule has 0 aliphatic heterocycles. The normalized spacial score (nSPS) is 48.1. The molecule has 7 unspecified atom stereocenters. The second-order valence-corrected chi connectivity index (χ2v) is 12.0. The van der Waals surface area contributed by atoms with Crippen molar-refractivity contribution in [3.05, 3.63) is 23.8 Å². The lowest BCUT2D eigenvalue weighted by Gasteiger charge is -2.58. The molecule has 0 heterocycles. The minimum Gasteiger partial charge on any atom is -0.393 e. The molecule has 0 aromatic heterocycles. The highest BCUT2D eigenvalue weighted by Gasteiger charge is 2.58. The lowest BCUT2D eigenvalue weighted by atomic mass is 9.47. The fourth-order valence-electron chi connectivity index (χ4n) is 8.90. The monoisotopic (exact) mass is 396 g/mol. The Kier molecular flexibility index (Phi) is 5.51. The maximum absolute atomic E-state index is 10.2. The first kappa shape index (κ1) is 20.3. The second kappa shape index (κ2) is 7.85. The molecule has 1 N–H and O–H groups in total. The Morgan fingerprint density at radius 3 is 2.62 bits per heavy atom. The number of allylic oxidation sites excluding steroid dienone is 3. The SMILES string of the molecule is CC12CCC(O)CC1=CCC1C2CCC2(C)C(C/C=C/C3CCCCC3)CCC12. The Morgan fingerprint density at radius 2 is 1.79 bits per heavy atom. The number of rotatable bonds is 3. The Balaban J connectivity index is 1.29. The van der Waals surface area contributed by atoms with Gasteiger partial charge in [-0.2, -0.15) is 0 Å². The molecule has 5 rings (SSSR count). The minimum absolute atomic E-state index is 0.0773. The minimum atomic E-state index is -0.0773. The molecule has 5 aliphatic rings. The second-order valence-electron chi connectivity index (χ2n) is 12.0. The van der Waals surface area contributed by atoms with E-state index in [2.05, 4.69) is 32.1 Å². The predicted octanol–water partition coefficient (Wildman–Crippen LogP) is 7.45. The molecular formula is C28H44O. The fraction of sp³-hybridized carbons (Fsp3) is 0.857. The Labute approximate surface area is 179 Å². The molecule has 0 spiro atoms. The highest BCUT2D eigenvalue weighted by molar-refractivity contribution is 5.25. The number of fused-ring (bicyclic) bond motifs is 5. The van der Waals surface area contributed by atoms with Crippen molar-refractivity contribution in [2.24, 2.45) is 40.4 Å². The van der Waals surface area contributed by atoms with Gasteiger partial charge in [-0.05, 0) is 111 Å². The van der Waals surface area contributed by atoms with Gasteiger partial charge < -0.3 is 5.11 Å². The standard InChI is InChI=1S/C28H44O/c1-27-18-16-26-24(13-11-22-19-23(29)15-17-28(22,26)2)25(27)14-12-21(27)10-6-9-20-7-4-3-5-8-20/h6,9,11,20-21,23-26,29H,3-5,7-8,10,12-19H2,1-2H3/b9-6+. The third-order valence-electron chi connectivity index (χ3n) is 10.8. The predicted molar refractivity (Wildman–Crippen MR) is 122 cm³/mol. The van der Waals surface area contributed by atoms with Gasteiger partial charge in [-0.3, -0.25) is 0 Å². The van der Waals surface area contributed by atoms with E-state index < -0.39 is 0 Å². The first-order valence-electron chi connectivity index (χ1n) is 13.0. The van der Waals surface area contributed by atoms with Crippen molar-refractivity contribution in [2.75, 3.05) is 0 Å². The van der Waals surface area contributed by atoms with E-state index in [-0.39, 0.29) is 6.10 Å². The zero-order valence-corrected chi connectivity index (χ0v) is 19.0. The Hall–Kier alpha value is -0.560. The van der Waals surface area contributed by atoms with E-state index in [9.17, 15) is 5.11 Å². The van der Waals surface area contributed by atoms with Crippen molar-refractivity contribution < 1.29 is 5.11 Å². The summed E-state index contributed by atoms with van der Waals surface area (Å²) < 4.78 is 0. The summed E-state index contributed by atoms with van der Waals surface area (Å²) in [7, 11) is 0. The molecule has 1 nitrogen and oxygen atoms in total. The van der Waals surface area contributed by atoms with E-state index in [1.54, 1.807) is 5.57 Å². The molecule has 0 amide bonds. The van der Waals surface area contributed by atoms with Crippen LogP contribution in [0.4, 0.5) is 0 Å². The average molecular weight is 397 g/mol. The molecule has 5 aliphatic carbocycles. The van der Waals surface area contributed by atoms with Gasteiger partial charge in [-0.25, -0.2) is 0 Å². The van der Waals surface area contributed by atoms with Crippen molar-refractivity contribution in [3.63, 3.8) is 0 Å². The summed E-state index contributed by atoms with van der Waals surface area (Å²) in [6, 6.07) is 0. The molecule has 4 saturated carbocycles. The lowest BCUT2D eigenvalue weighted by molar-refractivity contribution is -0.0492. The summed E-state index contributed by atoms with van der Waals surface area (Å²) in [5, 5.41) is 10.2. The van der Waals surface area contributed by atoms with Gasteiger partial charge in [0.15, 0.2) is 0 Å². The number of hydrogen-bond acceptors (Lipinski definition) is 1. The van der Waals surface area contributed by atoms with E-state index in [0.717, 1.165) is 42.4 Å². The summed E-state index contributed by atoms with van der Waals surface area (Å²) in [6.45, 7) is 5.23. The highest BCUT2D eigenvalue weighted by atomic mass is 16.3. The first-order chi connectivity index (χ1) is 14.0. The molecule has 0 saturated heterocycles. The van der Waals surface area contributed by atoms with Crippen LogP contribution >= 0.6 is 0 Å². The van der Waals surface area contributed by atoms with Crippen LogP contribution in [-0.4, -0.2) is 11.2 Å². The highest BCUT2D eigenvalue weighted by Crippen LogP contribution is 2.66. The van der Waals surface area contributed by atoms with Crippen molar-refractivity contribution in [3.8, 4) is 0 Å². The molecule has 0 aromatic carbocycles. The fourth-order valence-corrected chi connectivity index (χ4v) is 8.90. The molecule has 7 atom stereocenters. The maximum Gasteiger partial charge on any atom is 0.0577 e. The Bertz CT molecular complexity index is 655. The third kappa shape index (κ3) is 3.48. The summed E-state index contributed by atoms with van der Waals surface area (Å²) in [6.07, 6.45) is 26.6. The maximum atomic E-state index is 10.2. The van der Waals surface area contributed by atoms with Crippen molar-refractivity contribution in [1.29, 1.82) is 0 Å². The van der Waals surface area contributed by atoms with E-state index >= 15 is 0 Å². The zero-order chi connectivity index (χ0) is 20.1. The zero-order valence-electron chi connectivity index (χ0n) is 19.0. The van der Waals surface area contributed by atoms with Crippen LogP contribution in [0.5, 0.6) is 0 Å². The van der Waals surface area contributed by atoms with Gasteiger partial charge in [-0.1, -0.05) is 56.9 Å². The van der Waals surface area contributed by atoms with Gasteiger partial charge in [0.05, 0.1) is 6.10 Å². The molecule has 29 heavy (non-hydrogen) atoms.